The first kappa shape index (κ1) is 30.6. The molecule has 1 aromatic heterocycles. The van der Waals surface area contributed by atoms with Crippen molar-refractivity contribution in [2.24, 2.45) is 17.6 Å². The zero-order chi connectivity index (χ0) is 27.4. The SMILES string of the molecule is CCC(C)C(N)C(=O)NC(CCC(=O)O)C(=O)NC(C(=O)NC(Cc1cnc[nH]1)C(=O)O)C(C)CC. The van der Waals surface area contributed by atoms with Crippen molar-refractivity contribution in [1.82, 2.24) is 25.9 Å². The van der Waals surface area contributed by atoms with Gasteiger partial charge in [0, 0.05) is 24.7 Å². The van der Waals surface area contributed by atoms with Crippen LogP contribution in [0.15, 0.2) is 12.5 Å². The molecule has 6 atom stereocenters. The van der Waals surface area contributed by atoms with Gasteiger partial charge in [-0.3, -0.25) is 19.2 Å². The summed E-state index contributed by atoms with van der Waals surface area (Å²) in [5.41, 5.74) is 6.45. The van der Waals surface area contributed by atoms with Crippen molar-refractivity contribution >= 4 is 29.7 Å². The number of rotatable bonds is 16. The molecule has 0 aliphatic heterocycles. The lowest BCUT2D eigenvalue weighted by molar-refractivity contribution is -0.142. The Labute approximate surface area is 210 Å². The number of carboxylic acids is 2. The fourth-order valence-corrected chi connectivity index (χ4v) is 3.35. The summed E-state index contributed by atoms with van der Waals surface area (Å²) in [7, 11) is 0. The standard InChI is InChI=1S/C23H38N6O7/c1-5-12(3)18(24)21(33)27-15(7-8-17(30)31)20(32)29-19(13(4)6-2)22(34)28-16(23(35)36)9-14-10-25-11-26-14/h10-13,15-16,18-19H,5-9,24H2,1-4H3,(H,25,26)(H,27,33)(H,28,34)(H,29,32)(H,30,31)(H,35,36). The highest BCUT2D eigenvalue weighted by Gasteiger charge is 2.33. The summed E-state index contributed by atoms with van der Waals surface area (Å²) in [6.45, 7) is 7.14. The summed E-state index contributed by atoms with van der Waals surface area (Å²) in [5.74, 6) is -5.08. The Kier molecular flexibility index (Phi) is 12.6. The van der Waals surface area contributed by atoms with E-state index >= 15 is 0 Å². The largest absolute Gasteiger partial charge is 0.481 e. The Morgan fingerprint density at radius 2 is 1.56 bits per heavy atom. The van der Waals surface area contributed by atoms with Crippen molar-refractivity contribution in [3.8, 4) is 0 Å². The average Bonchev–Trinajstić information content (AvgIpc) is 3.35. The third kappa shape index (κ3) is 9.64. The van der Waals surface area contributed by atoms with Crippen LogP contribution in [0.4, 0.5) is 0 Å². The van der Waals surface area contributed by atoms with E-state index in [9.17, 15) is 29.1 Å². The first-order valence-electron chi connectivity index (χ1n) is 12.0. The average molecular weight is 511 g/mol. The van der Waals surface area contributed by atoms with E-state index in [1.807, 2.05) is 6.92 Å². The predicted octanol–water partition coefficient (Wildman–Crippen LogP) is -0.224. The van der Waals surface area contributed by atoms with Crippen LogP contribution in [0.2, 0.25) is 0 Å². The van der Waals surface area contributed by atoms with Crippen molar-refractivity contribution in [2.45, 2.75) is 84.0 Å². The summed E-state index contributed by atoms with van der Waals surface area (Å²) in [5, 5.41) is 26.1. The maximum absolute atomic E-state index is 13.1. The number of imidazole rings is 1. The van der Waals surface area contributed by atoms with Crippen molar-refractivity contribution in [3.63, 3.8) is 0 Å². The molecule has 1 heterocycles. The molecular formula is C23H38N6O7. The number of carbonyl (C=O) groups excluding carboxylic acids is 3. The molecule has 0 radical (unpaired) electrons. The van der Waals surface area contributed by atoms with E-state index in [-0.39, 0.29) is 18.8 Å². The second kappa shape index (κ2) is 14.8. The van der Waals surface area contributed by atoms with Gasteiger partial charge in [-0.2, -0.15) is 0 Å². The van der Waals surface area contributed by atoms with Gasteiger partial charge in [-0.1, -0.05) is 40.5 Å². The minimum atomic E-state index is -1.28. The number of amides is 3. The predicted molar refractivity (Wildman–Crippen MR) is 129 cm³/mol. The van der Waals surface area contributed by atoms with Gasteiger partial charge in [0.25, 0.3) is 0 Å². The molecule has 13 heteroatoms. The van der Waals surface area contributed by atoms with Gasteiger partial charge < -0.3 is 36.9 Å². The maximum atomic E-state index is 13.1. The van der Waals surface area contributed by atoms with E-state index in [2.05, 4.69) is 25.9 Å². The number of carboxylic acid groups (broad SMARTS) is 2. The van der Waals surface area contributed by atoms with Gasteiger partial charge in [-0.05, 0) is 18.3 Å². The number of hydrogen-bond donors (Lipinski definition) is 7. The number of nitrogens with two attached hydrogens (primary N) is 1. The molecule has 0 spiro atoms. The monoisotopic (exact) mass is 510 g/mol. The van der Waals surface area contributed by atoms with E-state index < -0.39 is 66.2 Å². The molecule has 1 rings (SSSR count). The minimum Gasteiger partial charge on any atom is -0.481 e. The number of carbonyl (C=O) groups is 5. The smallest absolute Gasteiger partial charge is 0.326 e. The Morgan fingerprint density at radius 1 is 0.944 bits per heavy atom. The molecule has 0 bridgehead atoms. The molecule has 0 saturated heterocycles. The van der Waals surface area contributed by atoms with Gasteiger partial charge in [0.05, 0.1) is 12.4 Å². The molecule has 0 fully saturated rings. The molecular weight excluding hydrogens is 472 g/mol. The number of aromatic amines is 1. The Morgan fingerprint density at radius 3 is 2.06 bits per heavy atom. The Hall–Kier alpha value is -3.48. The van der Waals surface area contributed by atoms with Crippen LogP contribution in [0.1, 0.15) is 59.1 Å². The third-order valence-corrected chi connectivity index (χ3v) is 6.23. The molecule has 202 valence electrons. The van der Waals surface area contributed by atoms with Crippen LogP contribution in [-0.4, -0.2) is 74.0 Å². The quantitative estimate of drug-likeness (QED) is 0.156. The third-order valence-electron chi connectivity index (χ3n) is 6.23. The van der Waals surface area contributed by atoms with E-state index in [1.54, 1.807) is 20.8 Å². The van der Waals surface area contributed by atoms with Crippen molar-refractivity contribution < 1.29 is 34.2 Å². The number of H-pyrrole nitrogens is 1. The van der Waals surface area contributed by atoms with Gasteiger partial charge in [-0.25, -0.2) is 9.78 Å². The van der Waals surface area contributed by atoms with E-state index in [4.69, 9.17) is 10.8 Å². The number of aliphatic carboxylic acids is 2. The van der Waals surface area contributed by atoms with E-state index in [0.29, 0.717) is 18.5 Å². The number of aromatic nitrogens is 2. The number of hydrogen-bond acceptors (Lipinski definition) is 7. The van der Waals surface area contributed by atoms with Gasteiger partial charge >= 0.3 is 11.9 Å². The summed E-state index contributed by atoms with van der Waals surface area (Å²) < 4.78 is 0. The fraction of sp³-hybridized carbons (Fsp3) is 0.652. The van der Waals surface area contributed by atoms with Gasteiger partial charge in [0.2, 0.25) is 17.7 Å². The first-order chi connectivity index (χ1) is 16.9. The van der Waals surface area contributed by atoms with Crippen LogP contribution in [0.25, 0.3) is 0 Å². The van der Waals surface area contributed by atoms with Crippen LogP contribution < -0.4 is 21.7 Å². The minimum absolute atomic E-state index is 0.0486. The molecule has 3 amide bonds. The zero-order valence-electron chi connectivity index (χ0n) is 21.1. The molecule has 0 aliphatic rings. The van der Waals surface area contributed by atoms with Gasteiger partial charge in [0.15, 0.2) is 0 Å². The number of nitrogens with zero attached hydrogens (tertiary/aromatic N) is 1. The zero-order valence-corrected chi connectivity index (χ0v) is 21.1. The molecule has 8 N–H and O–H groups in total. The lowest BCUT2D eigenvalue weighted by atomic mass is 9.96. The summed E-state index contributed by atoms with van der Waals surface area (Å²) in [6.07, 6.45) is 3.26. The highest BCUT2D eigenvalue weighted by Crippen LogP contribution is 2.12. The van der Waals surface area contributed by atoms with E-state index in [0.717, 1.165) is 0 Å². The molecule has 6 unspecified atom stereocenters. The van der Waals surface area contributed by atoms with Crippen LogP contribution in [0, 0.1) is 11.8 Å². The lowest BCUT2D eigenvalue weighted by Crippen LogP contribution is -2.59. The second-order valence-corrected chi connectivity index (χ2v) is 8.96. The van der Waals surface area contributed by atoms with Crippen molar-refractivity contribution in [3.05, 3.63) is 18.2 Å². The van der Waals surface area contributed by atoms with Gasteiger partial charge in [-0.15, -0.1) is 0 Å². The topological polar surface area (TPSA) is 217 Å². The Balaban J connectivity index is 3.04. The highest BCUT2D eigenvalue weighted by atomic mass is 16.4. The number of nitrogens with one attached hydrogen (secondary N) is 4. The fourth-order valence-electron chi connectivity index (χ4n) is 3.35. The van der Waals surface area contributed by atoms with Crippen molar-refractivity contribution in [2.75, 3.05) is 0 Å². The maximum Gasteiger partial charge on any atom is 0.326 e. The van der Waals surface area contributed by atoms with Crippen LogP contribution in [0.3, 0.4) is 0 Å². The lowest BCUT2D eigenvalue weighted by Gasteiger charge is -2.28. The normalized spacial score (nSPS) is 16.0. The van der Waals surface area contributed by atoms with Crippen LogP contribution >= 0.6 is 0 Å². The summed E-state index contributed by atoms with van der Waals surface area (Å²) in [4.78, 5) is 68.1. The van der Waals surface area contributed by atoms with Crippen LogP contribution in [-0.2, 0) is 30.4 Å². The van der Waals surface area contributed by atoms with Gasteiger partial charge in [0.1, 0.15) is 18.1 Å². The Bertz CT molecular complexity index is 892. The molecule has 36 heavy (non-hydrogen) atoms. The van der Waals surface area contributed by atoms with Crippen molar-refractivity contribution in [1.29, 1.82) is 0 Å². The molecule has 1 aromatic rings. The second-order valence-electron chi connectivity index (χ2n) is 8.96. The highest BCUT2D eigenvalue weighted by molar-refractivity contribution is 5.94. The molecule has 0 aliphatic carbocycles. The van der Waals surface area contributed by atoms with E-state index in [1.165, 1.54) is 12.5 Å². The molecule has 0 aromatic carbocycles. The molecule has 13 nitrogen and oxygen atoms in total. The molecule has 0 saturated carbocycles. The first-order valence-corrected chi connectivity index (χ1v) is 12.0. The van der Waals surface area contributed by atoms with Crippen LogP contribution in [0.5, 0.6) is 0 Å². The summed E-state index contributed by atoms with van der Waals surface area (Å²) in [6, 6.07) is -4.55. The summed E-state index contributed by atoms with van der Waals surface area (Å²) >= 11 is 0.